The van der Waals surface area contributed by atoms with Gasteiger partial charge in [-0.25, -0.2) is 9.97 Å². The molecule has 0 amide bonds. The Morgan fingerprint density at radius 2 is 1.96 bits per heavy atom. The molecule has 1 aromatic carbocycles. The Hall–Kier alpha value is -2.57. The number of aliphatic carboxylic acids is 1. The van der Waals surface area contributed by atoms with Crippen LogP contribution in [0.15, 0.2) is 18.5 Å². The second-order valence-electron chi connectivity index (χ2n) is 5.63. The number of ether oxygens (including phenoxy) is 2. The molecule has 0 radical (unpaired) electrons. The van der Waals surface area contributed by atoms with Crippen molar-refractivity contribution in [2.75, 3.05) is 32.2 Å². The van der Waals surface area contributed by atoms with Gasteiger partial charge >= 0.3 is 5.97 Å². The van der Waals surface area contributed by atoms with E-state index in [0.717, 1.165) is 29.8 Å². The zero-order chi connectivity index (χ0) is 16.4. The third kappa shape index (κ3) is 2.99. The molecule has 1 aromatic heterocycles. The second-order valence-corrected chi connectivity index (χ2v) is 5.63. The Kier molecular flexibility index (Phi) is 4.18. The summed E-state index contributed by atoms with van der Waals surface area (Å²) in [6.45, 7) is 1.63. The van der Waals surface area contributed by atoms with E-state index in [4.69, 9.17) is 14.6 Å². The molecule has 7 heteroatoms. The highest BCUT2D eigenvalue weighted by Crippen LogP contribution is 2.36. The van der Waals surface area contributed by atoms with Gasteiger partial charge in [-0.1, -0.05) is 0 Å². The minimum absolute atomic E-state index is 0.216. The molecule has 0 saturated carbocycles. The summed E-state index contributed by atoms with van der Waals surface area (Å²) >= 11 is 0. The quantitative estimate of drug-likeness (QED) is 0.871. The number of aromatic nitrogens is 2. The van der Waals surface area contributed by atoms with Gasteiger partial charge in [-0.2, -0.15) is 0 Å². The van der Waals surface area contributed by atoms with Crippen molar-refractivity contribution in [1.29, 1.82) is 0 Å². The maximum Gasteiger partial charge on any atom is 0.303 e. The average Bonchev–Trinajstić information content (AvgIpc) is 2.51. The van der Waals surface area contributed by atoms with E-state index < -0.39 is 5.97 Å². The molecule has 3 rings (SSSR count). The Morgan fingerprint density at radius 3 is 2.61 bits per heavy atom. The van der Waals surface area contributed by atoms with Gasteiger partial charge in [-0.15, -0.1) is 0 Å². The van der Waals surface area contributed by atoms with Crippen LogP contribution in [0.4, 0.5) is 5.82 Å². The number of carbonyl (C=O) groups is 1. The van der Waals surface area contributed by atoms with Gasteiger partial charge in [0.2, 0.25) is 0 Å². The molecule has 0 aliphatic carbocycles. The Bertz CT molecular complexity index is 729. The first-order chi connectivity index (χ1) is 11.1. The summed E-state index contributed by atoms with van der Waals surface area (Å²) in [6, 6.07) is 3.72. The number of methoxy groups -OCH3 is 2. The summed E-state index contributed by atoms with van der Waals surface area (Å²) in [6.07, 6.45) is 2.45. The van der Waals surface area contributed by atoms with Crippen molar-refractivity contribution in [2.45, 2.75) is 12.8 Å². The molecule has 2 aromatic rings. The van der Waals surface area contributed by atoms with Gasteiger partial charge < -0.3 is 19.5 Å². The summed E-state index contributed by atoms with van der Waals surface area (Å²) in [5.41, 5.74) is 0.793. The van der Waals surface area contributed by atoms with Crippen molar-refractivity contribution in [3.8, 4) is 11.5 Å². The van der Waals surface area contributed by atoms with E-state index in [-0.39, 0.29) is 6.42 Å². The van der Waals surface area contributed by atoms with Crippen LogP contribution in [0.3, 0.4) is 0 Å². The third-order valence-electron chi connectivity index (χ3n) is 4.14. The number of fused-ring (bicyclic) bond motifs is 1. The van der Waals surface area contributed by atoms with E-state index in [1.165, 1.54) is 6.33 Å². The zero-order valence-electron chi connectivity index (χ0n) is 13.2. The Labute approximate surface area is 133 Å². The molecule has 122 valence electrons. The molecule has 2 heterocycles. The molecule has 23 heavy (non-hydrogen) atoms. The minimum atomic E-state index is -0.743. The number of anilines is 1. The molecule has 1 saturated heterocycles. The van der Waals surface area contributed by atoms with Crippen molar-refractivity contribution >= 4 is 22.7 Å². The van der Waals surface area contributed by atoms with Crippen molar-refractivity contribution in [3.05, 3.63) is 18.5 Å². The summed E-state index contributed by atoms with van der Waals surface area (Å²) in [7, 11) is 3.19. The zero-order valence-corrected chi connectivity index (χ0v) is 13.2. The lowest BCUT2D eigenvalue weighted by molar-refractivity contribution is -0.137. The van der Waals surface area contributed by atoms with E-state index in [1.54, 1.807) is 14.2 Å². The van der Waals surface area contributed by atoms with Gasteiger partial charge in [0.05, 0.1) is 19.7 Å². The highest BCUT2D eigenvalue weighted by atomic mass is 16.5. The molecule has 1 aliphatic rings. The maximum absolute atomic E-state index is 10.6. The highest BCUT2D eigenvalue weighted by Gasteiger charge is 2.29. The fourth-order valence-electron chi connectivity index (χ4n) is 2.87. The van der Waals surface area contributed by atoms with Crippen LogP contribution in [0.5, 0.6) is 11.5 Å². The van der Waals surface area contributed by atoms with Crippen LogP contribution in [-0.4, -0.2) is 48.4 Å². The number of hydrogen-bond donors (Lipinski definition) is 1. The predicted octanol–water partition coefficient (Wildman–Crippen LogP) is 1.95. The summed E-state index contributed by atoms with van der Waals surface area (Å²) < 4.78 is 10.7. The second kappa shape index (κ2) is 6.28. The topological polar surface area (TPSA) is 84.8 Å². The van der Waals surface area contributed by atoms with Crippen LogP contribution in [0.25, 0.3) is 10.9 Å². The van der Waals surface area contributed by atoms with Gasteiger partial charge in [0.15, 0.2) is 11.5 Å². The number of hydrogen-bond acceptors (Lipinski definition) is 6. The molecule has 1 fully saturated rings. The molecule has 1 aliphatic heterocycles. The average molecular weight is 317 g/mol. The molecule has 7 nitrogen and oxygen atoms in total. The van der Waals surface area contributed by atoms with Crippen LogP contribution in [-0.2, 0) is 4.79 Å². The van der Waals surface area contributed by atoms with Crippen LogP contribution in [0.2, 0.25) is 0 Å². The fraction of sp³-hybridized carbons (Fsp3) is 0.438. The van der Waals surface area contributed by atoms with Crippen molar-refractivity contribution < 1.29 is 19.4 Å². The smallest absolute Gasteiger partial charge is 0.303 e. The number of carboxylic acid groups (broad SMARTS) is 1. The van der Waals surface area contributed by atoms with Crippen LogP contribution in [0, 0.1) is 5.92 Å². The van der Waals surface area contributed by atoms with Crippen molar-refractivity contribution in [1.82, 2.24) is 9.97 Å². The molecule has 0 unspecified atom stereocenters. The number of nitrogens with zero attached hydrogens (tertiary/aromatic N) is 3. The van der Waals surface area contributed by atoms with Gasteiger partial charge in [0, 0.05) is 31.0 Å². The molecule has 0 atom stereocenters. The monoisotopic (exact) mass is 317 g/mol. The standard InChI is InChI=1S/C16H19N3O4/c1-22-13-5-11-12(6-14(13)23-2)17-9-18-16(11)19-7-10(8-19)3-4-15(20)21/h5-6,9-10H,3-4,7-8H2,1-2H3,(H,20,21). The van der Waals surface area contributed by atoms with Crippen molar-refractivity contribution in [2.24, 2.45) is 5.92 Å². The molecule has 0 spiro atoms. The van der Waals surface area contributed by atoms with Crippen LogP contribution in [0.1, 0.15) is 12.8 Å². The summed E-state index contributed by atoms with van der Waals surface area (Å²) in [4.78, 5) is 21.5. The summed E-state index contributed by atoms with van der Waals surface area (Å²) in [5.74, 6) is 1.78. The first kappa shape index (κ1) is 15.3. The fourth-order valence-corrected chi connectivity index (χ4v) is 2.87. The molecular weight excluding hydrogens is 298 g/mol. The third-order valence-corrected chi connectivity index (χ3v) is 4.14. The van der Waals surface area contributed by atoms with Gasteiger partial charge in [0.25, 0.3) is 0 Å². The lowest BCUT2D eigenvalue weighted by Crippen LogP contribution is -2.47. The van der Waals surface area contributed by atoms with Crippen LogP contribution >= 0.6 is 0 Å². The largest absolute Gasteiger partial charge is 0.493 e. The van der Waals surface area contributed by atoms with E-state index >= 15 is 0 Å². The number of benzene rings is 1. The molecular formula is C16H19N3O4. The maximum atomic E-state index is 10.6. The van der Waals surface area contributed by atoms with Gasteiger partial charge in [-0.05, 0) is 18.4 Å². The predicted molar refractivity (Wildman–Crippen MR) is 85.2 cm³/mol. The number of carboxylic acids is 1. The van der Waals surface area contributed by atoms with Crippen molar-refractivity contribution in [3.63, 3.8) is 0 Å². The van der Waals surface area contributed by atoms with E-state index in [0.29, 0.717) is 23.8 Å². The van der Waals surface area contributed by atoms with E-state index in [2.05, 4.69) is 14.9 Å². The Morgan fingerprint density at radius 1 is 1.26 bits per heavy atom. The highest BCUT2D eigenvalue weighted by molar-refractivity contribution is 5.92. The lowest BCUT2D eigenvalue weighted by atomic mass is 9.94. The van der Waals surface area contributed by atoms with Crippen LogP contribution < -0.4 is 14.4 Å². The normalized spacial score (nSPS) is 14.6. The lowest BCUT2D eigenvalue weighted by Gasteiger charge is -2.40. The summed E-state index contributed by atoms with van der Waals surface area (Å²) in [5, 5.41) is 9.66. The van der Waals surface area contributed by atoms with Gasteiger partial charge in [0.1, 0.15) is 12.1 Å². The minimum Gasteiger partial charge on any atom is -0.493 e. The first-order valence-corrected chi connectivity index (χ1v) is 7.46. The first-order valence-electron chi connectivity index (χ1n) is 7.46. The Balaban J connectivity index is 1.83. The molecule has 1 N–H and O–H groups in total. The van der Waals surface area contributed by atoms with E-state index in [9.17, 15) is 4.79 Å². The van der Waals surface area contributed by atoms with Gasteiger partial charge in [-0.3, -0.25) is 4.79 Å². The van der Waals surface area contributed by atoms with E-state index in [1.807, 2.05) is 12.1 Å². The number of rotatable bonds is 6. The SMILES string of the molecule is COc1cc2ncnc(N3CC(CCC(=O)O)C3)c2cc1OC. The molecule has 0 bridgehead atoms.